The Hall–Kier alpha value is -2.55. The zero-order valence-electron chi connectivity index (χ0n) is 13.1. The maximum Gasteiger partial charge on any atom is 0.268 e. The van der Waals surface area contributed by atoms with Gasteiger partial charge in [-0.25, -0.2) is 0 Å². The zero-order valence-corrected chi connectivity index (χ0v) is 13.1. The van der Waals surface area contributed by atoms with E-state index in [1.165, 1.54) is 0 Å². The quantitative estimate of drug-likeness (QED) is 0.778. The molecule has 0 bridgehead atoms. The molecule has 1 unspecified atom stereocenters. The monoisotopic (exact) mass is 292 g/mol. The highest BCUT2D eigenvalue weighted by Gasteiger charge is 2.19. The van der Waals surface area contributed by atoms with E-state index in [1.807, 2.05) is 74.0 Å². The summed E-state index contributed by atoms with van der Waals surface area (Å²) in [5.41, 5.74) is 3.93. The average Bonchev–Trinajstić information content (AvgIpc) is 2.80. The number of benzene rings is 2. The Bertz CT molecular complexity index is 779. The van der Waals surface area contributed by atoms with E-state index in [9.17, 15) is 4.79 Å². The topological polar surface area (TPSA) is 34.0 Å². The molecule has 112 valence electrons. The fourth-order valence-electron chi connectivity index (χ4n) is 3.00. The van der Waals surface area contributed by atoms with Gasteiger partial charge in [0.1, 0.15) is 5.69 Å². The van der Waals surface area contributed by atoms with E-state index in [1.54, 1.807) is 0 Å². The standard InChI is InChI=1S/C19H20N2O/c1-13-16-11-7-8-12-17(16)21(3)18(13)19(22)20-14(2)15-9-5-4-6-10-15/h4-12,14H,1-3H3,(H,20,22). The van der Waals surface area contributed by atoms with Crippen LogP contribution >= 0.6 is 0 Å². The van der Waals surface area contributed by atoms with Crippen LogP contribution in [0.4, 0.5) is 0 Å². The Morgan fingerprint density at radius 1 is 1.05 bits per heavy atom. The third kappa shape index (κ3) is 2.39. The van der Waals surface area contributed by atoms with Gasteiger partial charge in [0.05, 0.1) is 6.04 Å². The van der Waals surface area contributed by atoms with Crippen molar-refractivity contribution in [2.75, 3.05) is 0 Å². The van der Waals surface area contributed by atoms with Crippen LogP contribution in [0.15, 0.2) is 54.6 Å². The second-order valence-electron chi connectivity index (χ2n) is 5.66. The zero-order chi connectivity index (χ0) is 15.7. The lowest BCUT2D eigenvalue weighted by Crippen LogP contribution is -2.28. The summed E-state index contributed by atoms with van der Waals surface area (Å²) in [7, 11) is 1.94. The molecule has 0 radical (unpaired) electrons. The van der Waals surface area contributed by atoms with Crippen molar-refractivity contribution in [1.29, 1.82) is 0 Å². The highest BCUT2D eigenvalue weighted by atomic mass is 16.2. The Morgan fingerprint density at radius 2 is 1.68 bits per heavy atom. The van der Waals surface area contributed by atoms with Gasteiger partial charge in [-0.05, 0) is 31.0 Å². The van der Waals surface area contributed by atoms with Crippen LogP contribution in [0, 0.1) is 6.92 Å². The van der Waals surface area contributed by atoms with Crippen LogP contribution in [0.3, 0.4) is 0 Å². The molecule has 22 heavy (non-hydrogen) atoms. The number of para-hydroxylation sites is 1. The van der Waals surface area contributed by atoms with Crippen LogP contribution in [0.2, 0.25) is 0 Å². The van der Waals surface area contributed by atoms with E-state index < -0.39 is 0 Å². The molecule has 0 spiro atoms. The van der Waals surface area contributed by atoms with Gasteiger partial charge in [-0.3, -0.25) is 4.79 Å². The van der Waals surface area contributed by atoms with E-state index in [0.717, 1.165) is 27.7 Å². The van der Waals surface area contributed by atoms with Gasteiger partial charge in [0.15, 0.2) is 0 Å². The van der Waals surface area contributed by atoms with Crippen molar-refractivity contribution in [3.63, 3.8) is 0 Å². The largest absolute Gasteiger partial charge is 0.344 e. The van der Waals surface area contributed by atoms with Crippen molar-refractivity contribution >= 4 is 16.8 Å². The molecule has 0 fully saturated rings. The van der Waals surface area contributed by atoms with Crippen molar-refractivity contribution in [3.8, 4) is 0 Å². The lowest BCUT2D eigenvalue weighted by atomic mass is 10.1. The molecule has 3 nitrogen and oxygen atoms in total. The maximum absolute atomic E-state index is 12.7. The summed E-state index contributed by atoms with van der Waals surface area (Å²) in [6.07, 6.45) is 0. The molecule has 3 rings (SSSR count). The molecule has 0 saturated heterocycles. The minimum absolute atomic E-state index is 0.0221. The number of nitrogens with zero attached hydrogens (tertiary/aromatic N) is 1. The van der Waals surface area contributed by atoms with Gasteiger partial charge in [0, 0.05) is 18.0 Å². The van der Waals surface area contributed by atoms with Crippen LogP contribution in [-0.4, -0.2) is 10.5 Å². The van der Waals surface area contributed by atoms with Crippen LogP contribution in [0.1, 0.15) is 34.6 Å². The van der Waals surface area contributed by atoms with Crippen molar-refractivity contribution in [2.24, 2.45) is 7.05 Å². The highest BCUT2D eigenvalue weighted by molar-refractivity contribution is 6.01. The molecule has 0 aliphatic heterocycles. The number of carbonyl (C=O) groups excluding carboxylic acids is 1. The van der Waals surface area contributed by atoms with Crippen LogP contribution in [0.25, 0.3) is 10.9 Å². The van der Waals surface area contributed by atoms with Gasteiger partial charge in [0.2, 0.25) is 0 Å². The molecule has 1 heterocycles. The molecule has 0 aliphatic carbocycles. The number of aryl methyl sites for hydroxylation is 2. The molecular weight excluding hydrogens is 272 g/mol. The second-order valence-corrected chi connectivity index (χ2v) is 5.66. The third-order valence-corrected chi connectivity index (χ3v) is 4.22. The van der Waals surface area contributed by atoms with Gasteiger partial charge in [-0.1, -0.05) is 48.5 Å². The summed E-state index contributed by atoms with van der Waals surface area (Å²) >= 11 is 0. The van der Waals surface area contributed by atoms with Crippen LogP contribution in [-0.2, 0) is 7.05 Å². The van der Waals surface area contributed by atoms with E-state index >= 15 is 0 Å². The molecule has 3 heteroatoms. The predicted molar refractivity (Wildman–Crippen MR) is 90.0 cm³/mol. The predicted octanol–water partition coefficient (Wildman–Crippen LogP) is 3.98. The van der Waals surface area contributed by atoms with E-state index in [-0.39, 0.29) is 11.9 Å². The highest BCUT2D eigenvalue weighted by Crippen LogP contribution is 2.25. The molecule has 2 aromatic carbocycles. The number of hydrogen-bond acceptors (Lipinski definition) is 1. The van der Waals surface area contributed by atoms with Crippen molar-refractivity contribution in [2.45, 2.75) is 19.9 Å². The summed E-state index contributed by atoms with van der Waals surface area (Å²) in [6.45, 7) is 4.01. The molecule has 1 atom stereocenters. The lowest BCUT2D eigenvalue weighted by molar-refractivity contribution is 0.0931. The molecule has 1 amide bonds. The third-order valence-electron chi connectivity index (χ3n) is 4.22. The summed E-state index contributed by atoms with van der Waals surface area (Å²) in [5, 5.41) is 4.22. The smallest absolute Gasteiger partial charge is 0.268 e. The average molecular weight is 292 g/mol. The SMILES string of the molecule is Cc1c(C(=O)NC(C)c2ccccc2)n(C)c2ccccc12. The second kappa shape index (κ2) is 5.68. The van der Waals surface area contributed by atoms with E-state index in [2.05, 4.69) is 11.4 Å². The molecule has 0 aliphatic rings. The fraction of sp³-hybridized carbons (Fsp3) is 0.211. The van der Waals surface area contributed by atoms with Crippen molar-refractivity contribution in [1.82, 2.24) is 9.88 Å². The van der Waals surface area contributed by atoms with Gasteiger partial charge in [0.25, 0.3) is 5.91 Å². The van der Waals surface area contributed by atoms with Gasteiger partial charge >= 0.3 is 0 Å². The molecule has 1 N–H and O–H groups in total. The number of amides is 1. The first-order valence-corrected chi connectivity index (χ1v) is 7.49. The van der Waals surface area contributed by atoms with Crippen LogP contribution < -0.4 is 5.32 Å². The number of rotatable bonds is 3. The number of hydrogen-bond donors (Lipinski definition) is 1. The summed E-state index contributed by atoms with van der Waals surface area (Å²) in [4.78, 5) is 12.7. The number of carbonyl (C=O) groups is 1. The summed E-state index contributed by atoms with van der Waals surface area (Å²) in [6, 6.07) is 18.1. The van der Waals surface area contributed by atoms with Crippen LogP contribution in [0.5, 0.6) is 0 Å². The van der Waals surface area contributed by atoms with Crippen molar-refractivity contribution < 1.29 is 4.79 Å². The fourth-order valence-corrected chi connectivity index (χ4v) is 3.00. The van der Waals surface area contributed by atoms with Gasteiger partial charge in [-0.2, -0.15) is 0 Å². The number of aromatic nitrogens is 1. The Morgan fingerprint density at radius 3 is 2.36 bits per heavy atom. The minimum Gasteiger partial charge on any atom is -0.344 e. The minimum atomic E-state index is -0.0347. The first-order chi connectivity index (χ1) is 10.6. The molecule has 1 aromatic heterocycles. The molecular formula is C19H20N2O. The van der Waals surface area contributed by atoms with Crippen molar-refractivity contribution in [3.05, 3.63) is 71.4 Å². The van der Waals surface area contributed by atoms with E-state index in [0.29, 0.717) is 0 Å². The molecule has 3 aromatic rings. The first kappa shape index (κ1) is 14.4. The van der Waals surface area contributed by atoms with Gasteiger partial charge in [-0.15, -0.1) is 0 Å². The Labute approximate surface area is 130 Å². The molecule has 0 saturated carbocycles. The summed E-state index contributed by atoms with van der Waals surface area (Å²) in [5.74, 6) is -0.0347. The number of fused-ring (bicyclic) bond motifs is 1. The summed E-state index contributed by atoms with van der Waals surface area (Å²) < 4.78 is 1.97. The number of nitrogens with one attached hydrogen (secondary N) is 1. The van der Waals surface area contributed by atoms with Gasteiger partial charge < -0.3 is 9.88 Å². The normalized spacial score (nSPS) is 12.3. The van der Waals surface area contributed by atoms with E-state index in [4.69, 9.17) is 0 Å². The Balaban J connectivity index is 1.93. The lowest BCUT2D eigenvalue weighted by Gasteiger charge is -2.15. The first-order valence-electron chi connectivity index (χ1n) is 7.49. The maximum atomic E-state index is 12.7. The Kier molecular flexibility index (Phi) is 3.72.